The topological polar surface area (TPSA) is 111 Å². The third-order valence-corrected chi connectivity index (χ3v) is 5.46. The first-order valence-corrected chi connectivity index (χ1v) is 10.2. The van der Waals surface area contributed by atoms with Crippen molar-refractivity contribution in [2.45, 2.75) is 31.7 Å². The number of nitrogens with two attached hydrogens (primary N) is 1. The van der Waals surface area contributed by atoms with Crippen molar-refractivity contribution in [1.82, 2.24) is 19.5 Å². The van der Waals surface area contributed by atoms with Gasteiger partial charge in [0.05, 0.1) is 16.4 Å². The molecule has 0 spiro atoms. The highest BCUT2D eigenvalue weighted by atomic mass is 79.9. The highest BCUT2D eigenvalue weighted by Gasteiger charge is 2.22. The molecule has 0 aliphatic heterocycles. The molecule has 1 aliphatic carbocycles. The molecule has 0 atom stereocenters. The summed E-state index contributed by atoms with van der Waals surface area (Å²) in [6, 6.07) is 5.72. The first-order chi connectivity index (χ1) is 13.7. The van der Waals surface area contributed by atoms with Crippen LogP contribution in [-0.4, -0.2) is 32.6 Å². The van der Waals surface area contributed by atoms with E-state index in [1.54, 1.807) is 18.5 Å². The molecule has 0 unspecified atom stereocenters. The van der Waals surface area contributed by atoms with Crippen molar-refractivity contribution in [2.24, 2.45) is 5.73 Å². The van der Waals surface area contributed by atoms with Gasteiger partial charge in [-0.1, -0.05) is 12.8 Å². The van der Waals surface area contributed by atoms with Crippen molar-refractivity contribution in [3.63, 3.8) is 0 Å². The van der Waals surface area contributed by atoms with Crippen LogP contribution in [0.3, 0.4) is 0 Å². The molecule has 1 fully saturated rings. The van der Waals surface area contributed by atoms with Gasteiger partial charge in [0.15, 0.2) is 0 Å². The second kappa shape index (κ2) is 8.24. The highest BCUT2D eigenvalue weighted by Crippen LogP contribution is 2.31. The number of fused-ring (bicyclic) bond motifs is 1. The molecule has 9 heteroatoms. The number of nitrogens with one attached hydrogen (secondary N) is 2. The Morgan fingerprint density at radius 3 is 2.75 bits per heavy atom. The largest absolute Gasteiger partial charge is 0.383 e. The van der Waals surface area contributed by atoms with E-state index < -0.39 is 0 Å². The molecule has 1 aliphatic rings. The van der Waals surface area contributed by atoms with E-state index in [9.17, 15) is 4.79 Å². The number of hydrogen-bond donors (Lipinski definition) is 3. The number of anilines is 3. The molecule has 3 aromatic heterocycles. The lowest BCUT2D eigenvalue weighted by Crippen LogP contribution is -2.25. The molecule has 0 amide bonds. The van der Waals surface area contributed by atoms with Crippen molar-refractivity contribution in [3.05, 3.63) is 45.4 Å². The van der Waals surface area contributed by atoms with Crippen LogP contribution in [0.1, 0.15) is 31.7 Å². The maximum atomic E-state index is 12.8. The Bertz CT molecular complexity index is 1030. The molecule has 146 valence electrons. The molecular weight excluding hydrogens is 422 g/mol. The molecule has 8 nitrogen and oxygen atoms in total. The van der Waals surface area contributed by atoms with Gasteiger partial charge in [0.1, 0.15) is 11.5 Å². The van der Waals surface area contributed by atoms with E-state index in [4.69, 9.17) is 5.73 Å². The fourth-order valence-corrected chi connectivity index (χ4v) is 3.99. The third-order valence-electron chi connectivity index (χ3n) is 4.90. The number of aromatic nitrogens is 4. The lowest BCUT2D eigenvalue weighted by atomic mass is 10.2. The SMILES string of the molecule is NCCNc1ccc(Nc2ncc3cc(Br)c(=O)n(C4CCCC4)c3n2)nc1. The molecule has 0 aromatic carbocycles. The van der Waals surface area contributed by atoms with Gasteiger partial charge in [-0.2, -0.15) is 4.98 Å². The average molecular weight is 444 g/mol. The van der Waals surface area contributed by atoms with E-state index >= 15 is 0 Å². The lowest BCUT2D eigenvalue weighted by Gasteiger charge is -2.17. The normalized spacial score (nSPS) is 14.5. The Morgan fingerprint density at radius 1 is 1.21 bits per heavy atom. The molecule has 4 N–H and O–H groups in total. The van der Waals surface area contributed by atoms with Crippen molar-refractivity contribution >= 4 is 44.4 Å². The number of halogens is 1. The molecular formula is C19H22BrN7O. The summed E-state index contributed by atoms with van der Waals surface area (Å²) >= 11 is 3.38. The van der Waals surface area contributed by atoms with Crippen LogP contribution in [-0.2, 0) is 0 Å². The molecule has 4 rings (SSSR count). The molecule has 0 radical (unpaired) electrons. The van der Waals surface area contributed by atoms with Gasteiger partial charge in [0.2, 0.25) is 5.95 Å². The molecule has 0 bridgehead atoms. The fourth-order valence-electron chi connectivity index (χ4n) is 3.55. The highest BCUT2D eigenvalue weighted by molar-refractivity contribution is 9.10. The maximum Gasteiger partial charge on any atom is 0.266 e. The van der Waals surface area contributed by atoms with Gasteiger partial charge in [0, 0.05) is 30.7 Å². The third kappa shape index (κ3) is 3.85. The zero-order valence-electron chi connectivity index (χ0n) is 15.4. The average Bonchev–Trinajstić information content (AvgIpc) is 3.23. The van der Waals surface area contributed by atoms with Crippen LogP contribution in [0, 0.1) is 0 Å². The van der Waals surface area contributed by atoms with E-state index in [0.717, 1.165) is 36.8 Å². The van der Waals surface area contributed by atoms with Gasteiger partial charge in [-0.05, 0) is 47.0 Å². The second-order valence-electron chi connectivity index (χ2n) is 6.85. The number of nitrogens with zero attached hydrogens (tertiary/aromatic N) is 4. The molecule has 0 saturated heterocycles. The standard InChI is InChI=1S/C19H22BrN7O/c20-15-9-12-10-24-19(25-16-6-5-13(11-23-16)22-8-7-21)26-17(12)27(18(15)28)14-3-1-2-4-14/h5-6,9-11,14,22H,1-4,7-8,21H2,(H,23,24,25,26). The second-order valence-corrected chi connectivity index (χ2v) is 7.71. The van der Waals surface area contributed by atoms with Crippen molar-refractivity contribution in [2.75, 3.05) is 23.7 Å². The summed E-state index contributed by atoms with van der Waals surface area (Å²) in [7, 11) is 0. The Labute approximate surface area is 170 Å². The van der Waals surface area contributed by atoms with Gasteiger partial charge in [-0.25, -0.2) is 9.97 Å². The quantitative estimate of drug-likeness (QED) is 0.536. The van der Waals surface area contributed by atoms with Crippen LogP contribution in [0.4, 0.5) is 17.5 Å². The summed E-state index contributed by atoms with van der Waals surface area (Å²) in [6.45, 7) is 1.25. The zero-order chi connectivity index (χ0) is 19.5. The van der Waals surface area contributed by atoms with Gasteiger partial charge < -0.3 is 16.4 Å². The predicted molar refractivity (Wildman–Crippen MR) is 114 cm³/mol. The van der Waals surface area contributed by atoms with Crippen LogP contribution in [0.5, 0.6) is 0 Å². The van der Waals surface area contributed by atoms with E-state index in [2.05, 4.69) is 41.5 Å². The van der Waals surface area contributed by atoms with E-state index in [1.807, 2.05) is 16.7 Å². The first kappa shape index (κ1) is 18.8. The van der Waals surface area contributed by atoms with E-state index in [0.29, 0.717) is 35.0 Å². The number of pyridine rings is 2. The summed E-state index contributed by atoms with van der Waals surface area (Å²) in [5.74, 6) is 1.04. The minimum atomic E-state index is -0.0440. The van der Waals surface area contributed by atoms with Gasteiger partial charge in [-0.3, -0.25) is 9.36 Å². The van der Waals surface area contributed by atoms with Crippen molar-refractivity contribution in [3.8, 4) is 0 Å². The van der Waals surface area contributed by atoms with Crippen LogP contribution in [0.2, 0.25) is 0 Å². The minimum Gasteiger partial charge on any atom is -0.383 e. The number of hydrogen-bond acceptors (Lipinski definition) is 7. The van der Waals surface area contributed by atoms with Crippen molar-refractivity contribution < 1.29 is 0 Å². The van der Waals surface area contributed by atoms with Crippen LogP contribution >= 0.6 is 15.9 Å². The van der Waals surface area contributed by atoms with E-state index in [1.165, 1.54) is 0 Å². The fraction of sp³-hybridized carbons (Fsp3) is 0.368. The Kier molecular flexibility index (Phi) is 5.54. The number of rotatable bonds is 6. The zero-order valence-corrected chi connectivity index (χ0v) is 16.9. The first-order valence-electron chi connectivity index (χ1n) is 9.40. The molecule has 3 aromatic rings. The summed E-state index contributed by atoms with van der Waals surface area (Å²) in [6.07, 6.45) is 7.72. The monoisotopic (exact) mass is 443 g/mol. The van der Waals surface area contributed by atoms with E-state index in [-0.39, 0.29) is 11.6 Å². The summed E-state index contributed by atoms with van der Waals surface area (Å²) in [5, 5.41) is 7.12. The molecule has 1 saturated carbocycles. The summed E-state index contributed by atoms with van der Waals surface area (Å²) < 4.78 is 2.35. The van der Waals surface area contributed by atoms with Crippen molar-refractivity contribution in [1.29, 1.82) is 0 Å². The maximum absolute atomic E-state index is 12.8. The van der Waals surface area contributed by atoms with Crippen LogP contribution < -0.4 is 21.9 Å². The molecule has 28 heavy (non-hydrogen) atoms. The predicted octanol–water partition coefficient (Wildman–Crippen LogP) is 3.18. The minimum absolute atomic E-state index is 0.0440. The Morgan fingerprint density at radius 2 is 2.04 bits per heavy atom. The lowest BCUT2D eigenvalue weighted by molar-refractivity contribution is 0.514. The molecule has 3 heterocycles. The summed E-state index contributed by atoms with van der Waals surface area (Å²) in [4.78, 5) is 26.2. The Balaban J connectivity index is 1.66. The Hall–Kier alpha value is -2.52. The van der Waals surface area contributed by atoms with Crippen LogP contribution in [0.25, 0.3) is 11.0 Å². The summed E-state index contributed by atoms with van der Waals surface area (Å²) in [5.41, 5.74) is 7.00. The van der Waals surface area contributed by atoms with Gasteiger partial charge in [-0.15, -0.1) is 0 Å². The van der Waals surface area contributed by atoms with Gasteiger partial charge >= 0.3 is 0 Å². The van der Waals surface area contributed by atoms with Gasteiger partial charge in [0.25, 0.3) is 5.56 Å². The van der Waals surface area contributed by atoms with Crippen LogP contribution in [0.15, 0.2) is 39.9 Å². The smallest absolute Gasteiger partial charge is 0.266 e.